The molecule has 0 saturated heterocycles. The number of hydrogen-bond donors (Lipinski definition) is 0. The summed E-state index contributed by atoms with van der Waals surface area (Å²) >= 11 is 0. The number of rotatable bonds is 3. The Labute approximate surface area is 120 Å². The van der Waals surface area contributed by atoms with Crippen LogP contribution in [0.5, 0.6) is 0 Å². The highest BCUT2D eigenvalue weighted by Gasteiger charge is 2.12. The lowest BCUT2D eigenvalue weighted by Crippen LogP contribution is -2.16. The minimum absolute atomic E-state index is 0.308. The average molecular weight is 277 g/mol. The highest BCUT2D eigenvalue weighted by atomic mass is 16.5. The van der Waals surface area contributed by atoms with E-state index in [2.05, 4.69) is 11.2 Å². The number of aromatic nitrogens is 2. The van der Waals surface area contributed by atoms with Gasteiger partial charge in [0, 0.05) is 5.56 Å². The number of nitrogens with zero attached hydrogens (tertiary/aromatic N) is 3. The SMILES string of the molecule is N#Cc1cccc(Cn2c(-c3ccccc3)noc2=O)c1. The Bertz CT molecular complexity index is 857. The lowest BCUT2D eigenvalue weighted by atomic mass is 10.1. The van der Waals surface area contributed by atoms with Crippen LogP contribution in [-0.4, -0.2) is 9.72 Å². The zero-order chi connectivity index (χ0) is 14.7. The summed E-state index contributed by atoms with van der Waals surface area (Å²) < 4.78 is 6.22. The van der Waals surface area contributed by atoms with Gasteiger partial charge in [-0.15, -0.1) is 0 Å². The van der Waals surface area contributed by atoms with E-state index in [1.807, 2.05) is 36.4 Å². The fourth-order valence-electron chi connectivity index (χ4n) is 2.12. The lowest BCUT2D eigenvalue weighted by Gasteiger charge is -2.05. The molecule has 5 nitrogen and oxygen atoms in total. The molecule has 0 unspecified atom stereocenters. The van der Waals surface area contributed by atoms with Crippen molar-refractivity contribution in [2.45, 2.75) is 6.54 Å². The van der Waals surface area contributed by atoms with Crippen molar-refractivity contribution in [3.8, 4) is 17.5 Å². The summed E-state index contributed by atoms with van der Waals surface area (Å²) in [6.45, 7) is 0.308. The van der Waals surface area contributed by atoms with E-state index in [-0.39, 0.29) is 0 Å². The Balaban J connectivity index is 2.02. The first kappa shape index (κ1) is 12.9. The van der Waals surface area contributed by atoms with E-state index in [1.54, 1.807) is 18.2 Å². The molecule has 0 bridgehead atoms. The first-order valence-corrected chi connectivity index (χ1v) is 6.39. The molecule has 0 aliphatic rings. The average Bonchev–Trinajstić information content (AvgIpc) is 2.89. The second-order valence-electron chi connectivity index (χ2n) is 4.54. The Morgan fingerprint density at radius 2 is 1.95 bits per heavy atom. The van der Waals surface area contributed by atoms with Crippen molar-refractivity contribution in [3.63, 3.8) is 0 Å². The minimum atomic E-state index is -0.517. The molecular formula is C16H11N3O2. The predicted molar refractivity (Wildman–Crippen MR) is 76.5 cm³/mol. The fraction of sp³-hybridized carbons (Fsp3) is 0.0625. The smallest absolute Gasteiger partial charge is 0.295 e. The summed E-state index contributed by atoms with van der Waals surface area (Å²) in [5, 5.41) is 12.8. The third kappa shape index (κ3) is 2.60. The summed E-state index contributed by atoms with van der Waals surface area (Å²) in [4.78, 5) is 11.8. The van der Waals surface area contributed by atoms with E-state index < -0.39 is 5.76 Å². The molecule has 1 heterocycles. The van der Waals surface area contributed by atoms with E-state index in [9.17, 15) is 4.79 Å². The Hall–Kier alpha value is -3.13. The third-order valence-corrected chi connectivity index (χ3v) is 3.12. The summed E-state index contributed by atoms with van der Waals surface area (Å²) in [6.07, 6.45) is 0. The maximum atomic E-state index is 11.8. The van der Waals surface area contributed by atoms with Gasteiger partial charge in [-0.05, 0) is 17.7 Å². The van der Waals surface area contributed by atoms with E-state index in [4.69, 9.17) is 9.78 Å². The van der Waals surface area contributed by atoms with Crippen LogP contribution in [0, 0.1) is 11.3 Å². The van der Waals surface area contributed by atoms with E-state index in [0.29, 0.717) is 17.9 Å². The molecule has 5 heteroatoms. The minimum Gasteiger partial charge on any atom is -0.295 e. The summed E-state index contributed by atoms with van der Waals surface area (Å²) in [6, 6.07) is 18.5. The van der Waals surface area contributed by atoms with E-state index >= 15 is 0 Å². The van der Waals surface area contributed by atoms with Gasteiger partial charge in [0.25, 0.3) is 0 Å². The van der Waals surface area contributed by atoms with E-state index in [0.717, 1.165) is 11.1 Å². The van der Waals surface area contributed by atoms with Crippen molar-refractivity contribution in [2.24, 2.45) is 0 Å². The van der Waals surface area contributed by atoms with Crippen molar-refractivity contribution < 1.29 is 4.52 Å². The monoisotopic (exact) mass is 277 g/mol. The summed E-state index contributed by atoms with van der Waals surface area (Å²) in [5.74, 6) is -0.0424. The summed E-state index contributed by atoms with van der Waals surface area (Å²) in [7, 11) is 0. The summed E-state index contributed by atoms with van der Waals surface area (Å²) in [5.41, 5.74) is 2.20. The van der Waals surface area contributed by atoms with Crippen LogP contribution in [0.1, 0.15) is 11.1 Å². The molecule has 0 radical (unpaired) electrons. The van der Waals surface area contributed by atoms with Gasteiger partial charge < -0.3 is 0 Å². The molecule has 0 N–H and O–H groups in total. The topological polar surface area (TPSA) is 71.8 Å². The van der Waals surface area contributed by atoms with Gasteiger partial charge >= 0.3 is 5.76 Å². The maximum absolute atomic E-state index is 11.8. The second kappa shape index (κ2) is 5.47. The van der Waals surface area contributed by atoms with Crippen LogP contribution in [0.2, 0.25) is 0 Å². The normalized spacial score (nSPS) is 10.2. The van der Waals surface area contributed by atoms with Crippen LogP contribution in [0.15, 0.2) is 63.9 Å². The van der Waals surface area contributed by atoms with Crippen LogP contribution in [0.4, 0.5) is 0 Å². The largest absolute Gasteiger partial charge is 0.442 e. The predicted octanol–water partition coefficient (Wildman–Crippen LogP) is 2.42. The Morgan fingerprint density at radius 3 is 2.71 bits per heavy atom. The molecule has 3 rings (SSSR count). The van der Waals surface area contributed by atoms with Gasteiger partial charge in [-0.25, -0.2) is 4.79 Å². The Kier molecular flexibility index (Phi) is 3.36. The molecular weight excluding hydrogens is 266 g/mol. The van der Waals surface area contributed by atoms with Crippen LogP contribution < -0.4 is 5.76 Å². The molecule has 0 amide bonds. The zero-order valence-corrected chi connectivity index (χ0v) is 11.1. The van der Waals surface area contributed by atoms with Crippen molar-refractivity contribution in [2.75, 3.05) is 0 Å². The first-order valence-electron chi connectivity index (χ1n) is 6.39. The quantitative estimate of drug-likeness (QED) is 0.737. The molecule has 0 aliphatic heterocycles. The Morgan fingerprint density at radius 1 is 1.14 bits per heavy atom. The standard InChI is InChI=1S/C16H11N3O2/c17-10-12-5-4-6-13(9-12)11-19-15(18-21-16(19)20)14-7-2-1-3-8-14/h1-9H,11H2. The van der Waals surface area contributed by atoms with Crippen molar-refractivity contribution in [3.05, 3.63) is 76.3 Å². The molecule has 0 spiro atoms. The fourth-order valence-corrected chi connectivity index (χ4v) is 2.12. The van der Waals surface area contributed by atoms with E-state index in [1.165, 1.54) is 4.57 Å². The van der Waals surface area contributed by atoms with Crippen LogP contribution in [-0.2, 0) is 6.54 Å². The van der Waals surface area contributed by atoms with Crippen molar-refractivity contribution in [1.82, 2.24) is 9.72 Å². The van der Waals surface area contributed by atoms with Gasteiger partial charge in [-0.2, -0.15) is 5.26 Å². The molecule has 1 aromatic heterocycles. The number of benzene rings is 2. The molecule has 0 fully saturated rings. The van der Waals surface area contributed by atoms with Gasteiger partial charge in [-0.1, -0.05) is 47.6 Å². The molecule has 2 aromatic carbocycles. The second-order valence-corrected chi connectivity index (χ2v) is 4.54. The molecule has 0 aliphatic carbocycles. The molecule has 3 aromatic rings. The van der Waals surface area contributed by atoms with Gasteiger partial charge in [-0.3, -0.25) is 9.09 Å². The van der Waals surface area contributed by atoms with Gasteiger partial charge in [0.1, 0.15) is 0 Å². The van der Waals surface area contributed by atoms with Gasteiger partial charge in [0.15, 0.2) is 5.82 Å². The van der Waals surface area contributed by atoms with Crippen molar-refractivity contribution >= 4 is 0 Å². The van der Waals surface area contributed by atoms with Crippen molar-refractivity contribution in [1.29, 1.82) is 5.26 Å². The molecule has 0 atom stereocenters. The third-order valence-electron chi connectivity index (χ3n) is 3.12. The lowest BCUT2D eigenvalue weighted by molar-refractivity contribution is 0.378. The van der Waals surface area contributed by atoms with Crippen LogP contribution in [0.3, 0.4) is 0 Å². The number of nitriles is 1. The highest BCUT2D eigenvalue weighted by molar-refractivity contribution is 5.54. The zero-order valence-electron chi connectivity index (χ0n) is 11.1. The molecule has 21 heavy (non-hydrogen) atoms. The maximum Gasteiger partial charge on any atom is 0.442 e. The van der Waals surface area contributed by atoms with Gasteiger partial charge in [0.2, 0.25) is 0 Å². The van der Waals surface area contributed by atoms with Crippen LogP contribution in [0.25, 0.3) is 11.4 Å². The van der Waals surface area contributed by atoms with Gasteiger partial charge in [0.05, 0.1) is 18.2 Å². The molecule has 0 saturated carbocycles. The number of hydrogen-bond acceptors (Lipinski definition) is 4. The highest BCUT2D eigenvalue weighted by Crippen LogP contribution is 2.16. The molecule has 102 valence electrons. The first-order chi connectivity index (χ1) is 10.3. The van der Waals surface area contributed by atoms with Crippen LogP contribution >= 0.6 is 0 Å².